The molecule has 8 rings (SSSR count). The molecule has 89 heavy (non-hydrogen) atoms. The molecule has 0 aromatic heterocycles. The van der Waals surface area contributed by atoms with E-state index in [0.717, 1.165) is 71.9 Å². The molecule has 0 bridgehead atoms. The van der Waals surface area contributed by atoms with Crippen molar-refractivity contribution in [2.45, 2.75) is 209 Å². The molecular weight excluding hydrogens is 1150 g/mol. The van der Waals surface area contributed by atoms with E-state index in [0.29, 0.717) is 16.8 Å². The summed E-state index contributed by atoms with van der Waals surface area (Å²) in [5, 5.41) is 3.09. The lowest BCUT2D eigenvalue weighted by Gasteiger charge is -2.31. The fourth-order valence-electron chi connectivity index (χ4n) is 10.7. The fraction of sp³-hybridized carbons (Fsp3) is 0.400. The molecule has 0 radical (unpaired) electrons. The normalized spacial score (nSPS) is 13.6. The number of rotatable bonds is 14. The SMILES string of the molecule is CC(C)(C)c1ccc(OP(Oc2ccc(C(C)(C)C)cc2C(C)(C)C)c2ccc(-c3ccc(P(O)c4ccc(-c5ccc(P(=O)(Oc6ccc(C(C)(C)C)cc6C(C)(C)C)Oc6ccc(C(C)(C)C)cc6C(C)(C)C)cc5)cc4)cc3)cc2)c(C(C)(C)C)c1. The molecule has 0 fully saturated rings. The van der Waals surface area contributed by atoms with E-state index in [1.165, 1.54) is 22.3 Å². The van der Waals surface area contributed by atoms with E-state index in [9.17, 15) is 4.89 Å². The summed E-state index contributed by atoms with van der Waals surface area (Å²) in [7, 11) is -7.39. The Morgan fingerprint density at radius 3 is 0.787 bits per heavy atom. The average molecular weight is 1250 g/mol. The molecule has 0 aliphatic carbocycles. The van der Waals surface area contributed by atoms with E-state index >= 15 is 4.57 Å². The molecule has 1 N–H and O–H groups in total. The number of hydrogen-bond acceptors (Lipinski definition) is 6. The molecule has 0 spiro atoms. The van der Waals surface area contributed by atoms with Gasteiger partial charge in [0, 0.05) is 32.9 Å². The van der Waals surface area contributed by atoms with Crippen LogP contribution in [0.2, 0.25) is 0 Å². The van der Waals surface area contributed by atoms with E-state index in [1.54, 1.807) is 0 Å². The first-order valence-electron chi connectivity index (χ1n) is 31.6. The minimum Gasteiger partial charge on any atom is -0.435 e. The molecule has 0 heterocycles. The van der Waals surface area contributed by atoms with Crippen molar-refractivity contribution < 1.29 is 27.6 Å². The van der Waals surface area contributed by atoms with Gasteiger partial charge in [0.1, 0.15) is 23.0 Å². The van der Waals surface area contributed by atoms with Crippen LogP contribution in [-0.4, -0.2) is 4.89 Å². The Morgan fingerprint density at radius 2 is 0.528 bits per heavy atom. The summed E-state index contributed by atoms with van der Waals surface area (Å²) in [6.45, 7) is 53.1. The Kier molecular flexibility index (Phi) is 19.5. The first-order valence-corrected chi connectivity index (χ1v) is 35.6. The van der Waals surface area contributed by atoms with Gasteiger partial charge >= 0.3 is 16.0 Å². The van der Waals surface area contributed by atoms with Crippen LogP contribution in [0, 0.1) is 0 Å². The van der Waals surface area contributed by atoms with E-state index in [2.05, 4.69) is 263 Å². The van der Waals surface area contributed by atoms with Crippen molar-refractivity contribution in [3.05, 3.63) is 214 Å². The first kappa shape index (κ1) is 68.9. The van der Waals surface area contributed by atoms with Gasteiger partial charge in [0.25, 0.3) is 0 Å². The number of benzene rings is 8. The van der Waals surface area contributed by atoms with Crippen LogP contribution >= 0.6 is 24.1 Å². The summed E-state index contributed by atoms with van der Waals surface area (Å²) in [5.74, 6) is 2.71. The van der Waals surface area contributed by atoms with Crippen LogP contribution in [0.25, 0.3) is 22.3 Å². The predicted molar refractivity (Wildman–Crippen MR) is 384 cm³/mol. The summed E-state index contributed by atoms with van der Waals surface area (Å²) < 4.78 is 43.9. The van der Waals surface area contributed by atoms with Gasteiger partial charge in [-0.3, -0.25) is 0 Å². The van der Waals surface area contributed by atoms with Crippen molar-refractivity contribution in [2.75, 3.05) is 0 Å². The van der Waals surface area contributed by atoms with Crippen molar-refractivity contribution in [3.8, 4) is 45.3 Å². The second kappa shape index (κ2) is 25.2. The third kappa shape index (κ3) is 16.6. The van der Waals surface area contributed by atoms with Crippen molar-refractivity contribution >= 4 is 45.3 Å². The molecule has 8 aromatic rings. The van der Waals surface area contributed by atoms with Crippen molar-refractivity contribution in [1.82, 2.24) is 0 Å². The third-order valence-corrected chi connectivity index (χ3v) is 21.4. The highest BCUT2D eigenvalue weighted by Gasteiger charge is 2.37. The molecule has 0 saturated heterocycles. The Labute approximate surface area is 538 Å². The molecule has 1 atom stereocenters. The minimum atomic E-state index is -4.10. The predicted octanol–water partition coefficient (Wildman–Crippen LogP) is 21.8. The van der Waals surface area contributed by atoms with Crippen LogP contribution in [0.1, 0.15) is 211 Å². The van der Waals surface area contributed by atoms with Gasteiger partial charge in [-0.05, 0) is 136 Å². The standard InChI is InChI=1S/C80H101O6P3/c1-73(2,3)57-33-45-69(65(49-57)77(13,14)15)83-88(84-70-46-34-58(74(4,5)6)50-66(70)78(16,17)18)63-41-29-55(30-42-63)53-25-37-61(38-26-53)87(81)62-39-27-54(28-40-62)56-31-43-64(44-32-56)89(82,85-71-47-35-59(75(7,8)9)51-67(71)79(19,20)21)86-72-48-36-60(76(10,11)12)52-68(72)80(22,23)24/h25-52,81H,1-24H3. The third-order valence-electron chi connectivity index (χ3n) is 16.6. The van der Waals surface area contributed by atoms with Gasteiger partial charge in [0.2, 0.25) is 0 Å². The van der Waals surface area contributed by atoms with E-state index < -0.39 is 24.1 Å². The summed E-state index contributed by atoms with van der Waals surface area (Å²) in [4.78, 5) is 11.9. The van der Waals surface area contributed by atoms with Gasteiger partial charge in [0.05, 0.1) is 18.8 Å². The van der Waals surface area contributed by atoms with E-state index in [4.69, 9.17) is 18.1 Å². The lowest BCUT2D eigenvalue weighted by atomic mass is 9.80. The smallest absolute Gasteiger partial charge is 0.435 e. The molecule has 0 aliphatic heterocycles. The van der Waals surface area contributed by atoms with Crippen molar-refractivity contribution in [2.24, 2.45) is 0 Å². The monoisotopic (exact) mass is 1250 g/mol. The molecule has 6 nitrogen and oxygen atoms in total. The summed E-state index contributed by atoms with van der Waals surface area (Å²) >= 11 is 0. The molecule has 1 unspecified atom stereocenters. The van der Waals surface area contributed by atoms with Gasteiger partial charge < -0.3 is 23.0 Å². The fourth-order valence-corrected chi connectivity index (χ4v) is 14.8. The second-order valence-electron chi connectivity index (χ2n) is 32.5. The molecule has 8 aromatic carbocycles. The molecule has 9 heteroatoms. The summed E-state index contributed by atoms with van der Waals surface area (Å²) in [6, 6.07) is 58.2. The van der Waals surface area contributed by atoms with Crippen LogP contribution in [0.3, 0.4) is 0 Å². The summed E-state index contributed by atoms with van der Waals surface area (Å²) in [6.07, 6.45) is 0. The van der Waals surface area contributed by atoms with Gasteiger partial charge in [-0.15, -0.1) is 0 Å². The Hall–Kier alpha value is -5.99. The minimum absolute atomic E-state index is 0.0205. The van der Waals surface area contributed by atoms with Gasteiger partial charge in [-0.25, -0.2) is 4.57 Å². The highest BCUT2D eigenvalue weighted by molar-refractivity contribution is 7.67. The Bertz CT molecular complexity index is 3660. The quantitative estimate of drug-likeness (QED) is 0.109. The highest BCUT2D eigenvalue weighted by Crippen LogP contribution is 2.53. The zero-order chi connectivity index (χ0) is 65.8. The van der Waals surface area contributed by atoms with E-state index in [1.807, 2.05) is 72.8 Å². The van der Waals surface area contributed by atoms with Gasteiger partial charge in [-0.1, -0.05) is 287 Å². The zero-order valence-corrected chi connectivity index (χ0v) is 60.7. The lowest BCUT2D eigenvalue weighted by molar-refractivity contribution is 0.387. The van der Waals surface area contributed by atoms with Crippen molar-refractivity contribution in [3.63, 3.8) is 0 Å². The van der Waals surface area contributed by atoms with Gasteiger partial charge in [0.15, 0.2) is 0 Å². The second-order valence-corrected chi connectivity index (χ2v) is 37.4. The Morgan fingerprint density at radius 1 is 0.292 bits per heavy atom. The maximum atomic E-state index is 15.9. The zero-order valence-electron chi connectivity index (χ0n) is 58.0. The van der Waals surface area contributed by atoms with Gasteiger partial charge in [-0.2, -0.15) is 0 Å². The maximum Gasteiger partial charge on any atom is 0.462 e. The van der Waals surface area contributed by atoms with E-state index in [-0.39, 0.29) is 43.3 Å². The van der Waals surface area contributed by atoms with Crippen LogP contribution in [0.15, 0.2) is 170 Å². The molecule has 0 saturated carbocycles. The Balaban J connectivity index is 1.05. The molecule has 0 amide bonds. The average Bonchev–Trinajstić information content (AvgIpc) is 0.895. The van der Waals surface area contributed by atoms with Crippen LogP contribution in [-0.2, 0) is 47.9 Å². The summed E-state index contributed by atoms with van der Waals surface area (Å²) in [5.41, 5.74) is 11.8. The van der Waals surface area contributed by atoms with Crippen LogP contribution in [0.4, 0.5) is 0 Å². The van der Waals surface area contributed by atoms with Crippen molar-refractivity contribution in [1.29, 1.82) is 0 Å². The van der Waals surface area contributed by atoms with Crippen LogP contribution < -0.4 is 39.3 Å². The first-order chi connectivity index (χ1) is 40.9. The maximum absolute atomic E-state index is 15.9. The molecular formula is C80H101O6P3. The molecule has 472 valence electrons. The lowest BCUT2D eigenvalue weighted by Crippen LogP contribution is -2.21. The largest absolute Gasteiger partial charge is 0.462 e. The highest BCUT2D eigenvalue weighted by atomic mass is 31.2. The van der Waals surface area contributed by atoms with Crippen LogP contribution in [0.5, 0.6) is 23.0 Å². The topological polar surface area (TPSA) is 74.2 Å². The molecule has 0 aliphatic rings. The number of hydrogen-bond donors (Lipinski definition) is 1.